The van der Waals surface area contributed by atoms with Crippen molar-refractivity contribution in [1.82, 2.24) is 0 Å². The molecule has 0 heterocycles. The van der Waals surface area contributed by atoms with Crippen molar-refractivity contribution in [3.05, 3.63) is 63.8 Å². The fourth-order valence-corrected chi connectivity index (χ4v) is 4.43. The lowest BCUT2D eigenvalue weighted by Gasteiger charge is -2.13. The lowest BCUT2D eigenvalue weighted by atomic mass is 10.1. The van der Waals surface area contributed by atoms with Gasteiger partial charge >= 0.3 is 0 Å². The molecule has 32 heavy (non-hydrogen) atoms. The third-order valence-corrected chi connectivity index (χ3v) is 6.62. The van der Waals surface area contributed by atoms with Crippen LogP contribution in [0.2, 0.25) is 10.0 Å². The van der Waals surface area contributed by atoms with Gasteiger partial charge in [-0.05, 0) is 38.1 Å². The lowest BCUT2D eigenvalue weighted by molar-refractivity contribution is -0.109. The van der Waals surface area contributed by atoms with Gasteiger partial charge in [0.1, 0.15) is 11.4 Å². The van der Waals surface area contributed by atoms with Gasteiger partial charge in [-0.1, -0.05) is 55.3 Å². The molecule has 2 aromatic rings. The Bertz CT molecular complexity index is 1150. The summed E-state index contributed by atoms with van der Waals surface area (Å²) in [7, 11) is -0.195. The van der Waals surface area contributed by atoms with Gasteiger partial charge in [0, 0.05) is 24.0 Å². The molecular weight excluding hydrogens is 469 g/mol. The fraction of sp³-hybridized carbons (Fsp3) is 0.261. The van der Waals surface area contributed by atoms with Gasteiger partial charge in [0.25, 0.3) is 0 Å². The third-order valence-electron chi connectivity index (χ3n) is 4.23. The SMILES string of the molecule is C/C=C(\N=C(C)c1cccc(Cl)c1Cl)C(=O)C=S(N)(=O)c1cc(NC)ccc1OC.CC. The van der Waals surface area contributed by atoms with Crippen molar-refractivity contribution < 1.29 is 13.7 Å². The first-order valence-electron chi connectivity index (χ1n) is 9.87. The van der Waals surface area contributed by atoms with Gasteiger partial charge in [0.05, 0.1) is 37.1 Å². The number of nitrogens with one attached hydrogen (secondary N) is 1. The highest BCUT2D eigenvalue weighted by molar-refractivity contribution is 8.00. The number of hydrogen-bond acceptors (Lipinski definition) is 5. The number of rotatable bonds is 7. The molecule has 3 N–H and O–H groups in total. The molecule has 9 heteroatoms. The topological polar surface area (TPSA) is 93.8 Å². The number of nitrogens with two attached hydrogens (primary N) is 1. The van der Waals surface area contributed by atoms with E-state index in [1.54, 1.807) is 57.3 Å². The van der Waals surface area contributed by atoms with Gasteiger partial charge in [0.15, 0.2) is 0 Å². The lowest BCUT2D eigenvalue weighted by Crippen LogP contribution is -2.22. The second-order valence-corrected chi connectivity index (χ2v) is 8.97. The summed E-state index contributed by atoms with van der Waals surface area (Å²) >= 11 is 12.3. The second-order valence-electron chi connectivity index (χ2n) is 6.22. The summed E-state index contributed by atoms with van der Waals surface area (Å²) in [5.74, 6) is -0.266. The number of aliphatic imine (C=N–C) groups is 1. The van der Waals surface area contributed by atoms with Crippen LogP contribution in [0, 0.1) is 0 Å². The molecule has 0 aliphatic carbocycles. The zero-order valence-electron chi connectivity index (χ0n) is 19.0. The third kappa shape index (κ3) is 6.84. The van der Waals surface area contributed by atoms with Crippen molar-refractivity contribution >= 4 is 55.5 Å². The Morgan fingerprint density at radius 3 is 2.44 bits per heavy atom. The van der Waals surface area contributed by atoms with Crippen molar-refractivity contribution in [2.24, 2.45) is 10.1 Å². The molecule has 0 radical (unpaired) electrons. The number of carbonyl (C=O) groups excluding carboxylic acids is 1. The number of halogens is 2. The molecule has 174 valence electrons. The predicted octanol–water partition coefficient (Wildman–Crippen LogP) is 5.37. The molecule has 0 fully saturated rings. The minimum absolute atomic E-state index is 0.0745. The first-order valence-corrected chi connectivity index (χ1v) is 12.3. The predicted molar refractivity (Wildman–Crippen MR) is 138 cm³/mol. The number of ether oxygens (including phenoxy) is 1. The zero-order chi connectivity index (χ0) is 24.5. The first-order chi connectivity index (χ1) is 15.1. The number of methoxy groups -OCH3 is 1. The van der Waals surface area contributed by atoms with Gasteiger partial charge in [-0.3, -0.25) is 9.93 Å². The number of ketones is 1. The molecular formula is C23H29Cl2N3O3S. The highest BCUT2D eigenvalue weighted by Gasteiger charge is 2.17. The molecule has 0 bridgehead atoms. The first kappa shape index (κ1) is 27.7. The molecule has 6 nitrogen and oxygen atoms in total. The van der Waals surface area contributed by atoms with Crippen LogP contribution in [-0.2, 0) is 14.5 Å². The normalized spacial score (nSPS) is 13.4. The van der Waals surface area contributed by atoms with E-state index in [1.807, 2.05) is 13.8 Å². The largest absolute Gasteiger partial charge is 0.495 e. The van der Waals surface area contributed by atoms with Gasteiger partial charge in [-0.2, -0.15) is 0 Å². The minimum Gasteiger partial charge on any atom is -0.495 e. The van der Waals surface area contributed by atoms with E-state index in [1.165, 1.54) is 13.2 Å². The van der Waals surface area contributed by atoms with Crippen molar-refractivity contribution in [2.45, 2.75) is 32.6 Å². The average molecular weight is 498 g/mol. The molecule has 0 amide bonds. The van der Waals surface area contributed by atoms with Gasteiger partial charge < -0.3 is 10.1 Å². The average Bonchev–Trinajstić information content (AvgIpc) is 2.79. The Morgan fingerprint density at radius 2 is 1.88 bits per heavy atom. The number of hydrogen-bond donors (Lipinski definition) is 2. The molecule has 0 aliphatic rings. The highest BCUT2D eigenvalue weighted by Crippen LogP contribution is 2.27. The van der Waals surface area contributed by atoms with Crippen molar-refractivity contribution in [2.75, 3.05) is 19.5 Å². The van der Waals surface area contributed by atoms with Gasteiger partial charge in [-0.15, -0.1) is 0 Å². The standard InChI is InChI=1S/C21H23Cl2N3O3S.C2H6/c1-5-17(26-13(2)15-7-6-8-16(22)21(15)23)18(27)12-30(24,28)20-11-14(25-3)9-10-19(20)29-4;1-2/h5-12,25H,1-4H3,(H2,24,28);1-2H3/b17-5-,26-13?;. The molecule has 0 spiro atoms. The summed E-state index contributed by atoms with van der Waals surface area (Å²) in [6, 6.07) is 10.1. The Morgan fingerprint density at radius 1 is 1.22 bits per heavy atom. The van der Waals surface area contributed by atoms with Crippen LogP contribution in [0.25, 0.3) is 0 Å². The Hall–Kier alpha value is -2.32. The summed E-state index contributed by atoms with van der Waals surface area (Å²) in [6.45, 7) is 7.35. The molecule has 0 saturated heterocycles. The van der Waals surface area contributed by atoms with E-state index in [0.717, 1.165) is 5.37 Å². The van der Waals surface area contributed by atoms with Crippen LogP contribution in [0.1, 0.15) is 33.3 Å². The van der Waals surface area contributed by atoms with Crippen LogP contribution in [0.5, 0.6) is 5.75 Å². The van der Waals surface area contributed by atoms with Crippen LogP contribution in [0.4, 0.5) is 5.69 Å². The number of nitrogens with zero attached hydrogens (tertiary/aromatic N) is 1. The molecule has 1 atom stereocenters. The van der Waals surface area contributed by atoms with E-state index in [9.17, 15) is 9.00 Å². The number of benzene rings is 2. The van der Waals surface area contributed by atoms with Gasteiger partial charge in [-0.25, -0.2) is 9.20 Å². The maximum atomic E-state index is 13.2. The Kier molecular flexibility index (Phi) is 11.0. The molecule has 2 aromatic carbocycles. The van der Waals surface area contributed by atoms with Crippen molar-refractivity contribution in [3.8, 4) is 5.75 Å². The second kappa shape index (κ2) is 12.6. The fourth-order valence-electron chi connectivity index (χ4n) is 2.65. The van der Waals surface area contributed by atoms with E-state index in [-0.39, 0.29) is 10.6 Å². The maximum Gasteiger partial charge on any atom is 0.213 e. The maximum absolute atomic E-state index is 13.2. The number of anilines is 1. The molecule has 1 unspecified atom stereocenters. The van der Waals surface area contributed by atoms with E-state index in [0.29, 0.717) is 32.8 Å². The molecule has 2 rings (SSSR count). The quantitative estimate of drug-likeness (QED) is 0.305. The number of allylic oxidation sites excluding steroid dienone is 2. The smallest absolute Gasteiger partial charge is 0.213 e. The minimum atomic E-state index is -3.35. The Labute approximate surface area is 200 Å². The summed E-state index contributed by atoms with van der Waals surface area (Å²) in [6.07, 6.45) is 1.51. The van der Waals surface area contributed by atoms with Crippen LogP contribution in [-0.4, -0.2) is 35.2 Å². The van der Waals surface area contributed by atoms with E-state index in [2.05, 4.69) is 10.3 Å². The number of Topliss-reactive ketones (excluding diaryl/α,β-unsaturated/α-hetero) is 1. The van der Waals surface area contributed by atoms with E-state index >= 15 is 0 Å². The van der Waals surface area contributed by atoms with Crippen molar-refractivity contribution in [1.29, 1.82) is 0 Å². The molecule has 0 saturated carbocycles. The van der Waals surface area contributed by atoms with Crippen LogP contribution in [0.15, 0.2) is 58.1 Å². The monoisotopic (exact) mass is 497 g/mol. The van der Waals surface area contributed by atoms with E-state index < -0.39 is 15.5 Å². The van der Waals surface area contributed by atoms with Crippen LogP contribution >= 0.6 is 23.2 Å². The highest BCUT2D eigenvalue weighted by atomic mass is 35.5. The Balaban J connectivity index is 0.00000249. The van der Waals surface area contributed by atoms with E-state index in [4.69, 9.17) is 33.1 Å². The zero-order valence-corrected chi connectivity index (χ0v) is 21.4. The summed E-state index contributed by atoms with van der Waals surface area (Å²) in [5.41, 5.74) is 1.83. The van der Waals surface area contributed by atoms with Crippen molar-refractivity contribution in [3.63, 3.8) is 0 Å². The number of carbonyl (C=O) groups is 1. The van der Waals surface area contributed by atoms with Crippen LogP contribution < -0.4 is 15.2 Å². The summed E-state index contributed by atoms with van der Waals surface area (Å²) in [5, 5.41) is 10.7. The molecule has 0 aliphatic heterocycles. The summed E-state index contributed by atoms with van der Waals surface area (Å²) < 4.78 is 18.5. The van der Waals surface area contributed by atoms with Gasteiger partial charge in [0.2, 0.25) is 5.78 Å². The molecule has 0 aromatic heterocycles. The van der Waals surface area contributed by atoms with Crippen LogP contribution in [0.3, 0.4) is 0 Å². The summed E-state index contributed by atoms with van der Waals surface area (Å²) in [4.78, 5) is 17.4.